The van der Waals surface area contributed by atoms with Gasteiger partial charge < -0.3 is 4.57 Å². The van der Waals surface area contributed by atoms with E-state index in [1.807, 2.05) is 12.3 Å². The van der Waals surface area contributed by atoms with E-state index in [1.165, 1.54) is 33.8 Å². The van der Waals surface area contributed by atoms with Crippen LogP contribution in [0.25, 0.3) is 16.9 Å². The molecule has 2 aromatic heterocycles. The third-order valence-corrected chi connectivity index (χ3v) is 5.33. The monoisotopic (exact) mass is 339 g/mol. The van der Waals surface area contributed by atoms with Gasteiger partial charge in [0.15, 0.2) is 0 Å². The summed E-state index contributed by atoms with van der Waals surface area (Å²) in [5, 5.41) is 4.70. The van der Waals surface area contributed by atoms with Crippen molar-refractivity contribution >= 4 is 0 Å². The summed E-state index contributed by atoms with van der Waals surface area (Å²) in [5.41, 5.74) is 9.14. The summed E-state index contributed by atoms with van der Waals surface area (Å²) < 4.78 is 4.57. The molecule has 0 amide bonds. The number of aromatic nitrogens is 3. The second kappa shape index (κ2) is 6.03. The average Bonchev–Trinajstić information content (AvgIpc) is 3.25. The summed E-state index contributed by atoms with van der Waals surface area (Å²) in [6.45, 7) is 3.14. The Morgan fingerprint density at radius 3 is 2.42 bits per heavy atom. The van der Waals surface area contributed by atoms with Crippen LogP contribution in [0.4, 0.5) is 0 Å². The van der Waals surface area contributed by atoms with Crippen LogP contribution in [0.2, 0.25) is 0 Å². The smallest absolute Gasteiger partial charge is 0.0791 e. The molecular formula is C23H21N3. The lowest BCUT2D eigenvalue weighted by Crippen LogP contribution is -2.12. The number of rotatable bonds is 3. The maximum absolute atomic E-state index is 4.70. The topological polar surface area (TPSA) is 22.8 Å². The van der Waals surface area contributed by atoms with Crippen LogP contribution in [0.15, 0.2) is 72.9 Å². The molecule has 0 fully saturated rings. The lowest BCUT2D eigenvalue weighted by molar-refractivity contribution is 0.708. The zero-order valence-corrected chi connectivity index (χ0v) is 14.9. The molecule has 3 nitrogen and oxygen atoms in total. The van der Waals surface area contributed by atoms with Gasteiger partial charge in [0.25, 0.3) is 0 Å². The molecule has 3 heteroatoms. The van der Waals surface area contributed by atoms with Crippen LogP contribution in [-0.4, -0.2) is 14.3 Å². The van der Waals surface area contributed by atoms with Gasteiger partial charge in [-0.25, -0.2) is 4.68 Å². The molecule has 0 saturated heterocycles. The van der Waals surface area contributed by atoms with E-state index in [0.29, 0.717) is 0 Å². The van der Waals surface area contributed by atoms with E-state index < -0.39 is 0 Å². The van der Waals surface area contributed by atoms with Crippen LogP contribution in [0.3, 0.4) is 0 Å². The summed E-state index contributed by atoms with van der Waals surface area (Å²) >= 11 is 0. The molecule has 1 aliphatic carbocycles. The van der Waals surface area contributed by atoms with Crippen LogP contribution in [0, 0.1) is 6.92 Å². The lowest BCUT2D eigenvalue weighted by atomic mass is 9.95. The predicted octanol–water partition coefficient (Wildman–Crippen LogP) is 4.80. The average molecular weight is 339 g/mol. The van der Waals surface area contributed by atoms with Crippen molar-refractivity contribution in [3.05, 3.63) is 95.4 Å². The number of hydrogen-bond acceptors (Lipinski definition) is 1. The Balaban J connectivity index is 1.63. The first-order valence-corrected chi connectivity index (χ1v) is 9.17. The molecule has 2 aromatic carbocycles. The van der Waals surface area contributed by atoms with Gasteiger partial charge >= 0.3 is 0 Å². The van der Waals surface area contributed by atoms with Gasteiger partial charge in [0.2, 0.25) is 0 Å². The summed E-state index contributed by atoms with van der Waals surface area (Å²) in [4.78, 5) is 0. The standard InChI is InChI=1S/C23H21N3/c1-17-14-21-22(25(17)16-18-8-4-2-5-9-18)13-12-19-15-24-26(23(19)21)20-10-6-3-7-11-20/h2-11,14-15H,12-13,16H2,1H3. The largest absolute Gasteiger partial charge is 0.344 e. The minimum atomic E-state index is 0.927. The van der Waals surface area contributed by atoms with Crippen molar-refractivity contribution in [1.82, 2.24) is 14.3 Å². The van der Waals surface area contributed by atoms with Gasteiger partial charge in [0, 0.05) is 23.5 Å². The quantitative estimate of drug-likeness (QED) is 0.526. The molecule has 0 atom stereocenters. The van der Waals surface area contributed by atoms with E-state index in [2.05, 4.69) is 76.8 Å². The highest BCUT2D eigenvalue weighted by Gasteiger charge is 2.25. The highest BCUT2D eigenvalue weighted by Crippen LogP contribution is 2.37. The fourth-order valence-electron chi connectivity index (χ4n) is 4.06. The molecule has 4 aromatic rings. The number of aryl methyl sites for hydroxylation is 2. The molecule has 1 aliphatic rings. The van der Waals surface area contributed by atoms with E-state index in [0.717, 1.165) is 25.1 Å². The van der Waals surface area contributed by atoms with E-state index in [1.54, 1.807) is 0 Å². The lowest BCUT2D eigenvalue weighted by Gasteiger charge is -2.19. The van der Waals surface area contributed by atoms with Crippen molar-refractivity contribution in [2.45, 2.75) is 26.3 Å². The van der Waals surface area contributed by atoms with E-state index >= 15 is 0 Å². The molecule has 0 bridgehead atoms. The third kappa shape index (κ3) is 2.39. The second-order valence-electron chi connectivity index (χ2n) is 6.98. The maximum Gasteiger partial charge on any atom is 0.0791 e. The van der Waals surface area contributed by atoms with Crippen molar-refractivity contribution in [3.8, 4) is 16.9 Å². The molecule has 26 heavy (non-hydrogen) atoms. The molecular weight excluding hydrogens is 318 g/mol. The Hall–Kier alpha value is -3.07. The van der Waals surface area contributed by atoms with Crippen molar-refractivity contribution in [1.29, 1.82) is 0 Å². The number of benzene rings is 2. The summed E-state index contributed by atoms with van der Waals surface area (Å²) in [5.74, 6) is 0. The zero-order valence-electron chi connectivity index (χ0n) is 14.9. The molecule has 0 N–H and O–H groups in total. The normalized spacial score (nSPS) is 12.7. The molecule has 0 unspecified atom stereocenters. The Morgan fingerprint density at radius 2 is 1.65 bits per heavy atom. The first-order chi connectivity index (χ1) is 12.8. The first-order valence-electron chi connectivity index (χ1n) is 9.17. The van der Waals surface area contributed by atoms with Gasteiger partial charge in [0.05, 0.1) is 17.6 Å². The number of nitrogens with zero attached hydrogens (tertiary/aromatic N) is 3. The minimum Gasteiger partial charge on any atom is -0.344 e. The van der Waals surface area contributed by atoms with Crippen LogP contribution < -0.4 is 0 Å². The van der Waals surface area contributed by atoms with Crippen LogP contribution in [-0.2, 0) is 19.4 Å². The van der Waals surface area contributed by atoms with E-state index in [9.17, 15) is 0 Å². The summed E-state index contributed by atoms with van der Waals surface area (Å²) in [6, 6.07) is 23.5. The van der Waals surface area contributed by atoms with Crippen LogP contribution in [0.5, 0.6) is 0 Å². The Labute approximate surface area is 153 Å². The van der Waals surface area contributed by atoms with Crippen LogP contribution in [0.1, 0.15) is 22.5 Å². The zero-order chi connectivity index (χ0) is 17.5. The Kier molecular flexibility index (Phi) is 3.52. The van der Waals surface area contributed by atoms with Gasteiger partial charge in [-0.05, 0) is 49.1 Å². The molecule has 128 valence electrons. The van der Waals surface area contributed by atoms with Crippen molar-refractivity contribution in [2.24, 2.45) is 0 Å². The predicted molar refractivity (Wildman–Crippen MR) is 105 cm³/mol. The van der Waals surface area contributed by atoms with Crippen molar-refractivity contribution < 1.29 is 0 Å². The highest BCUT2D eigenvalue weighted by atomic mass is 15.3. The number of fused-ring (bicyclic) bond motifs is 3. The summed E-state index contributed by atoms with van der Waals surface area (Å²) in [7, 11) is 0. The Bertz CT molecular complexity index is 1060. The molecule has 0 spiro atoms. The number of para-hydroxylation sites is 1. The Morgan fingerprint density at radius 1 is 0.923 bits per heavy atom. The number of hydrogen-bond donors (Lipinski definition) is 0. The van der Waals surface area contributed by atoms with E-state index in [4.69, 9.17) is 5.10 Å². The van der Waals surface area contributed by atoms with Crippen LogP contribution >= 0.6 is 0 Å². The van der Waals surface area contributed by atoms with Crippen molar-refractivity contribution in [2.75, 3.05) is 0 Å². The van der Waals surface area contributed by atoms with Gasteiger partial charge in [-0.15, -0.1) is 0 Å². The molecule has 5 rings (SSSR count). The maximum atomic E-state index is 4.70. The molecule has 0 saturated carbocycles. The summed E-state index contributed by atoms with van der Waals surface area (Å²) in [6.07, 6.45) is 4.16. The molecule has 0 radical (unpaired) electrons. The fourth-order valence-corrected chi connectivity index (χ4v) is 4.06. The second-order valence-corrected chi connectivity index (χ2v) is 6.98. The van der Waals surface area contributed by atoms with Gasteiger partial charge in [-0.2, -0.15) is 5.10 Å². The van der Waals surface area contributed by atoms with Gasteiger partial charge in [-0.1, -0.05) is 48.5 Å². The molecule has 2 heterocycles. The molecule has 0 aliphatic heterocycles. The minimum absolute atomic E-state index is 0.927. The highest BCUT2D eigenvalue weighted by molar-refractivity contribution is 5.71. The van der Waals surface area contributed by atoms with Gasteiger partial charge in [0.1, 0.15) is 0 Å². The fraction of sp³-hybridized carbons (Fsp3) is 0.174. The van der Waals surface area contributed by atoms with Crippen molar-refractivity contribution in [3.63, 3.8) is 0 Å². The first kappa shape index (κ1) is 15.2. The van der Waals surface area contributed by atoms with Gasteiger partial charge in [-0.3, -0.25) is 0 Å². The van der Waals surface area contributed by atoms with E-state index in [-0.39, 0.29) is 0 Å². The third-order valence-electron chi connectivity index (χ3n) is 5.33. The SMILES string of the molecule is Cc1cc2c(n1Cc1ccccc1)CCc1cnn(-c3ccccc3)c1-2.